The van der Waals surface area contributed by atoms with E-state index >= 15 is 0 Å². The van der Waals surface area contributed by atoms with Gasteiger partial charge in [0.05, 0.1) is 23.2 Å². The van der Waals surface area contributed by atoms with Crippen LogP contribution in [0.5, 0.6) is 0 Å². The Morgan fingerprint density at radius 2 is 2.00 bits per heavy atom. The van der Waals surface area contributed by atoms with E-state index < -0.39 is 0 Å². The second-order valence-corrected chi connectivity index (χ2v) is 6.34. The number of nitrogens with zero attached hydrogens (tertiary/aromatic N) is 3. The first kappa shape index (κ1) is 17.3. The van der Waals surface area contributed by atoms with Crippen LogP contribution in [0.25, 0.3) is 0 Å². The summed E-state index contributed by atoms with van der Waals surface area (Å²) in [5, 5.41) is 10.4. The molecule has 0 fully saturated rings. The van der Waals surface area contributed by atoms with Crippen LogP contribution < -0.4 is 0 Å². The number of halogens is 2. The second kappa shape index (κ2) is 7.97. The molecule has 2 aromatic rings. The Kier molecular flexibility index (Phi) is 6.26. The Morgan fingerprint density at radius 1 is 1.23 bits per heavy atom. The summed E-state index contributed by atoms with van der Waals surface area (Å²) < 4.78 is 2.14. The van der Waals surface area contributed by atoms with Crippen LogP contribution in [0.1, 0.15) is 31.3 Å². The molecule has 0 radical (unpaired) electrons. The fourth-order valence-electron chi connectivity index (χ4n) is 2.39. The summed E-state index contributed by atoms with van der Waals surface area (Å²) in [5.41, 5.74) is 1.06. The highest BCUT2D eigenvalue weighted by molar-refractivity contribution is 6.42. The van der Waals surface area contributed by atoms with Crippen LogP contribution >= 0.6 is 23.2 Å². The number of benzene rings is 1. The van der Waals surface area contributed by atoms with E-state index in [0.29, 0.717) is 35.7 Å². The van der Waals surface area contributed by atoms with E-state index in [2.05, 4.69) is 28.3 Å². The van der Waals surface area contributed by atoms with Crippen molar-refractivity contribution >= 4 is 23.2 Å². The highest BCUT2D eigenvalue weighted by atomic mass is 35.5. The molecule has 4 nitrogen and oxygen atoms in total. The van der Waals surface area contributed by atoms with Gasteiger partial charge in [-0.3, -0.25) is 4.90 Å². The Labute approximate surface area is 141 Å². The van der Waals surface area contributed by atoms with Crippen LogP contribution in [0.4, 0.5) is 0 Å². The van der Waals surface area contributed by atoms with Gasteiger partial charge in [-0.2, -0.15) is 0 Å². The molecule has 0 spiro atoms. The fraction of sp³-hybridized carbons (Fsp3) is 0.438. The predicted octanol–water partition coefficient (Wildman–Crippen LogP) is 3.77. The Balaban J connectivity index is 2.12. The van der Waals surface area contributed by atoms with Crippen molar-refractivity contribution in [1.29, 1.82) is 0 Å². The summed E-state index contributed by atoms with van der Waals surface area (Å²) in [6.07, 6.45) is 3.79. The molecular weight excluding hydrogens is 321 g/mol. The predicted molar refractivity (Wildman–Crippen MR) is 90.3 cm³/mol. The van der Waals surface area contributed by atoms with Crippen molar-refractivity contribution < 1.29 is 5.11 Å². The van der Waals surface area contributed by atoms with Crippen molar-refractivity contribution in [1.82, 2.24) is 14.5 Å². The molecule has 1 heterocycles. The molecular formula is C16H21Cl2N3O. The summed E-state index contributed by atoms with van der Waals surface area (Å²) in [7, 11) is 0. The van der Waals surface area contributed by atoms with Gasteiger partial charge in [-0.05, 0) is 31.5 Å². The number of aromatic nitrogens is 2. The number of hydrogen-bond acceptors (Lipinski definition) is 3. The zero-order chi connectivity index (χ0) is 16.1. The lowest BCUT2D eigenvalue weighted by Gasteiger charge is -2.22. The van der Waals surface area contributed by atoms with Gasteiger partial charge >= 0.3 is 0 Å². The van der Waals surface area contributed by atoms with Gasteiger partial charge in [0.15, 0.2) is 0 Å². The van der Waals surface area contributed by atoms with Crippen molar-refractivity contribution in [3.63, 3.8) is 0 Å². The third-order valence-electron chi connectivity index (χ3n) is 3.48. The molecule has 2 rings (SSSR count). The van der Waals surface area contributed by atoms with Crippen molar-refractivity contribution in [2.45, 2.75) is 33.0 Å². The molecule has 1 N–H and O–H groups in total. The van der Waals surface area contributed by atoms with E-state index in [-0.39, 0.29) is 6.61 Å². The van der Waals surface area contributed by atoms with Gasteiger partial charge in [-0.1, -0.05) is 29.3 Å². The van der Waals surface area contributed by atoms with Crippen LogP contribution in [-0.2, 0) is 13.1 Å². The average molecular weight is 342 g/mol. The maximum atomic E-state index is 9.30. The van der Waals surface area contributed by atoms with E-state index in [9.17, 15) is 5.11 Å². The van der Waals surface area contributed by atoms with Crippen molar-refractivity contribution in [2.24, 2.45) is 0 Å². The largest absolute Gasteiger partial charge is 0.395 e. The molecule has 0 bridgehead atoms. The zero-order valence-corrected chi connectivity index (χ0v) is 14.3. The number of aliphatic hydroxyl groups excluding tert-OH is 1. The molecule has 6 heteroatoms. The van der Waals surface area contributed by atoms with Crippen LogP contribution in [0, 0.1) is 0 Å². The first-order valence-electron chi connectivity index (χ1n) is 7.30. The molecule has 1 aromatic carbocycles. The van der Waals surface area contributed by atoms with Gasteiger partial charge in [0.25, 0.3) is 0 Å². The summed E-state index contributed by atoms with van der Waals surface area (Å²) in [5.74, 6) is 0.989. The number of rotatable bonds is 7. The number of aliphatic hydroxyl groups is 1. The Hall–Kier alpha value is -1.07. The summed E-state index contributed by atoms with van der Waals surface area (Å²) in [4.78, 5) is 6.56. The van der Waals surface area contributed by atoms with E-state index in [1.165, 1.54) is 0 Å². The lowest BCUT2D eigenvalue weighted by molar-refractivity contribution is 0.179. The SMILES string of the molecule is CC(C)n1ccnc1CN(CCO)Cc1ccc(Cl)c(Cl)c1. The molecule has 0 aliphatic heterocycles. The monoisotopic (exact) mass is 341 g/mol. The third-order valence-corrected chi connectivity index (χ3v) is 4.22. The van der Waals surface area contributed by atoms with Gasteiger partial charge in [-0.25, -0.2) is 4.98 Å². The van der Waals surface area contributed by atoms with Gasteiger partial charge in [-0.15, -0.1) is 0 Å². The Bertz CT molecular complexity index is 613. The molecule has 0 aliphatic carbocycles. The number of imidazole rings is 1. The third kappa shape index (κ3) is 4.46. The molecule has 0 atom stereocenters. The number of hydrogen-bond donors (Lipinski definition) is 1. The van der Waals surface area contributed by atoms with E-state index in [1.54, 1.807) is 6.07 Å². The zero-order valence-electron chi connectivity index (χ0n) is 12.8. The lowest BCUT2D eigenvalue weighted by Crippen LogP contribution is -2.28. The molecule has 0 saturated heterocycles. The maximum absolute atomic E-state index is 9.30. The minimum absolute atomic E-state index is 0.101. The molecule has 0 saturated carbocycles. The highest BCUT2D eigenvalue weighted by Crippen LogP contribution is 2.23. The van der Waals surface area contributed by atoms with Gasteiger partial charge < -0.3 is 9.67 Å². The first-order chi connectivity index (χ1) is 10.5. The van der Waals surface area contributed by atoms with Gasteiger partial charge in [0.2, 0.25) is 0 Å². The molecule has 22 heavy (non-hydrogen) atoms. The quantitative estimate of drug-likeness (QED) is 0.833. The summed E-state index contributed by atoms with van der Waals surface area (Å²) in [6, 6.07) is 5.97. The molecule has 0 unspecified atom stereocenters. The maximum Gasteiger partial charge on any atom is 0.123 e. The van der Waals surface area contributed by atoms with Gasteiger partial charge in [0, 0.05) is 31.5 Å². The van der Waals surface area contributed by atoms with Crippen LogP contribution in [-0.4, -0.2) is 32.7 Å². The van der Waals surface area contributed by atoms with Crippen molar-refractivity contribution in [2.75, 3.05) is 13.2 Å². The minimum Gasteiger partial charge on any atom is -0.395 e. The lowest BCUT2D eigenvalue weighted by atomic mass is 10.2. The Morgan fingerprint density at radius 3 is 2.64 bits per heavy atom. The highest BCUT2D eigenvalue weighted by Gasteiger charge is 2.12. The van der Waals surface area contributed by atoms with E-state index in [1.807, 2.05) is 24.5 Å². The standard InChI is InChI=1S/C16H21Cl2N3O/c1-12(2)21-6-5-19-16(21)11-20(7-8-22)10-13-3-4-14(17)15(18)9-13/h3-6,9,12,22H,7-8,10-11H2,1-2H3. The normalized spacial score (nSPS) is 11.6. The summed E-state index contributed by atoms with van der Waals surface area (Å²) >= 11 is 12.0. The topological polar surface area (TPSA) is 41.3 Å². The van der Waals surface area contributed by atoms with Gasteiger partial charge in [0.1, 0.15) is 5.82 Å². The average Bonchev–Trinajstić information content (AvgIpc) is 2.91. The summed E-state index contributed by atoms with van der Waals surface area (Å²) in [6.45, 7) is 6.28. The van der Waals surface area contributed by atoms with Crippen molar-refractivity contribution in [3.8, 4) is 0 Å². The van der Waals surface area contributed by atoms with Crippen LogP contribution in [0.15, 0.2) is 30.6 Å². The first-order valence-corrected chi connectivity index (χ1v) is 8.05. The fourth-order valence-corrected chi connectivity index (χ4v) is 2.71. The van der Waals surface area contributed by atoms with Crippen LogP contribution in [0.2, 0.25) is 10.0 Å². The molecule has 120 valence electrons. The minimum atomic E-state index is 0.101. The molecule has 1 aromatic heterocycles. The molecule has 0 amide bonds. The van der Waals surface area contributed by atoms with E-state index in [0.717, 1.165) is 11.4 Å². The van der Waals surface area contributed by atoms with E-state index in [4.69, 9.17) is 23.2 Å². The van der Waals surface area contributed by atoms with Crippen molar-refractivity contribution in [3.05, 3.63) is 52.0 Å². The van der Waals surface area contributed by atoms with Crippen LogP contribution in [0.3, 0.4) is 0 Å². The smallest absolute Gasteiger partial charge is 0.123 e. The molecule has 0 aliphatic rings. The second-order valence-electron chi connectivity index (χ2n) is 5.53.